The van der Waals surface area contributed by atoms with E-state index in [-0.39, 0.29) is 0 Å². The summed E-state index contributed by atoms with van der Waals surface area (Å²) in [5, 5.41) is 11.2. The molecule has 0 fully saturated rings. The van der Waals surface area contributed by atoms with Crippen molar-refractivity contribution in [3.63, 3.8) is 0 Å². The lowest BCUT2D eigenvalue weighted by atomic mass is 10.1. The summed E-state index contributed by atoms with van der Waals surface area (Å²) in [6, 6.07) is 8.03. The van der Waals surface area contributed by atoms with Gasteiger partial charge in [0.1, 0.15) is 6.33 Å². The number of aromatic nitrogens is 6. The molecule has 0 atom stereocenters. The van der Waals surface area contributed by atoms with Gasteiger partial charge in [0.2, 0.25) is 0 Å². The van der Waals surface area contributed by atoms with Gasteiger partial charge in [0.05, 0.1) is 11.4 Å². The predicted octanol–water partition coefficient (Wildman–Crippen LogP) is 2.66. The van der Waals surface area contributed by atoms with E-state index in [0.717, 1.165) is 21.9 Å². The van der Waals surface area contributed by atoms with Gasteiger partial charge in [-0.3, -0.25) is 4.40 Å². The summed E-state index contributed by atoms with van der Waals surface area (Å²) in [5.41, 5.74) is 4.17. The topological polar surface area (TPSA) is 60.9 Å². The quantitative estimate of drug-likeness (QED) is 0.570. The van der Waals surface area contributed by atoms with Gasteiger partial charge in [0.15, 0.2) is 4.96 Å². The van der Waals surface area contributed by atoms with Crippen molar-refractivity contribution in [1.29, 1.82) is 0 Å². The van der Waals surface area contributed by atoms with Gasteiger partial charge in [-0.2, -0.15) is 0 Å². The Labute approximate surface area is 124 Å². The first-order chi connectivity index (χ1) is 10.2. The van der Waals surface area contributed by atoms with Crippen LogP contribution in [-0.2, 0) is 0 Å². The highest BCUT2D eigenvalue weighted by Gasteiger charge is 2.11. The van der Waals surface area contributed by atoms with Crippen molar-refractivity contribution in [2.24, 2.45) is 0 Å². The molecule has 0 aliphatic carbocycles. The average molecular weight is 296 g/mol. The van der Waals surface area contributed by atoms with E-state index in [2.05, 4.69) is 40.0 Å². The van der Waals surface area contributed by atoms with Gasteiger partial charge in [0.25, 0.3) is 0 Å². The van der Waals surface area contributed by atoms with Gasteiger partial charge in [-0.1, -0.05) is 12.1 Å². The van der Waals surface area contributed by atoms with Crippen LogP contribution >= 0.6 is 11.3 Å². The second kappa shape index (κ2) is 4.49. The first kappa shape index (κ1) is 12.2. The zero-order valence-corrected chi connectivity index (χ0v) is 12.4. The van der Waals surface area contributed by atoms with E-state index in [1.165, 1.54) is 10.6 Å². The third-order valence-electron chi connectivity index (χ3n) is 3.54. The van der Waals surface area contributed by atoms with E-state index in [1.54, 1.807) is 22.3 Å². The molecule has 21 heavy (non-hydrogen) atoms. The van der Waals surface area contributed by atoms with Crippen LogP contribution in [0, 0.1) is 13.8 Å². The molecule has 1 aromatic carbocycles. The Hall–Kier alpha value is -2.54. The second-order valence-corrected chi connectivity index (χ2v) is 6.01. The number of benzene rings is 1. The standard InChI is InChI=1S/C14H12N6S/c1-9-10(2)21-14-16-13(7-19(9)14)11-4-3-5-12(6-11)20-8-15-17-18-20/h3-8H,1-2H3. The van der Waals surface area contributed by atoms with Crippen LogP contribution in [0.5, 0.6) is 0 Å². The maximum absolute atomic E-state index is 4.71. The second-order valence-electron chi connectivity index (χ2n) is 4.83. The first-order valence-electron chi connectivity index (χ1n) is 6.51. The normalized spacial score (nSPS) is 11.3. The highest BCUT2D eigenvalue weighted by atomic mass is 32.1. The molecule has 0 N–H and O–H groups in total. The molecule has 0 saturated carbocycles. The van der Waals surface area contributed by atoms with E-state index >= 15 is 0 Å². The number of aryl methyl sites for hydroxylation is 2. The van der Waals surface area contributed by atoms with Crippen LogP contribution in [0.4, 0.5) is 0 Å². The van der Waals surface area contributed by atoms with Crippen molar-refractivity contribution in [1.82, 2.24) is 29.6 Å². The van der Waals surface area contributed by atoms with Crippen molar-refractivity contribution in [3.8, 4) is 16.9 Å². The van der Waals surface area contributed by atoms with Crippen molar-refractivity contribution < 1.29 is 0 Å². The number of imidazole rings is 1. The molecule has 3 aromatic heterocycles. The summed E-state index contributed by atoms with van der Waals surface area (Å²) in [6.45, 7) is 4.23. The Balaban J connectivity index is 1.83. The van der Waals surface area contributed by atoms with E-state index in [4.69, 9.17) is 4.98 Å². The van der Waals surface area contributed by atoms with Gasteiger partial charge in [-0.05, 0) is 36.4 Å². The molecule has 6 nitrogen and oxygen atoms in total. The maximum Gasteiger partial charge on any atom is 0.194 e. The van der Waals surface area contributed by atoms with Crippen molar-refractivity contribution >= 4 is 16.3 Å². The van der Waals surface area contributed by atoms with Crippen LogP contribution in [0.3, 0.4) is 0 Å². The van der Waals surface area contributed by atoms with Crippen LogP contribution in [-0.4, -0.2) is 29.6 Å². The molecule has 0 bridgehead atoms. The highest BCUT2D eigenvalue weighted by molar-refractivity contribution is 7.17. The van der Waals surface area contributed by atoms with E-state index in [9.17, 15) is 0 Å². The molecular weight excluding hydrogens is 284 g/mol. The molecule has 0 amide bonds. The van der Waals surface area contributed by atoms with Crippen LogP contribution in [0.25, 0.3) is 21.9 Å². The number of thiazole rings is 1. The predicted molar refractivity (Wildman–Crippen MR) is 80.7 cm³/mol. The van der Waals surface area contributed by atoms with E-state index in [1.807, 2.05) is 24.3 Å². The Morgan fingerprint density at radius 3 is 2.86 bits per heavy atom. The van der Waals surface area contributed by atoms with E-state index in [0.29, 0.717) is 0 Å². The number of nitrogens with zero attached hydrogens (tertiary/aromatic N) is 6. The fourth-order valence-corrected chi connectivity index (χ4v) is 3.23. The number of tetrazole rings is 1. The third-order valence-corrected chi connectivity index (χ3v) is 4.62. The zero-order chi connectivity index (χ0) is 14.4. The molecule has 7 heteroatoms. The molecule has 0 radical (unpaired) electrons. The molecule has 0 aliphatic heterocycles. The highest BCUT2D eigenvalue weighted by Crippen LogP contribution is 2.27. The largest absolute Gasteiger partial charge is 0.294 e. The van der Waals surface area contributed by atoms with Gasteiger partial charge in [0, 0.05) is 22.3 Å². The van der Waals surface area contributed by atoms with Crippen molar-refractivity contribution in [2.75, 3.05) is 0 Å². The van der Waals surface area contributed by atoms with Gasteiger partial charge in [-0.15, -0.1) is 16.4 Å². The lowest BCUT2D eigenvalue weighted by molar-refractivity contribution is 0.789. The molecule has 4 aromatic rings. The third kappa shape index (κ3) is 1.93. The summed E-state index contributed by atoms with van der Waals surface area (Å²) in [7, 11) is 0. The number of hydrogen-bond acceptors (Lipinski definition) is 5. The Morgan fingerprint density at radius 1 is 1.19 bits per heavy atom. The van der Waals surface area contributed by atoms with Crippen molar-refractivity contribution in [3.05, 3.63) is 47.4 Å². The van der Waals surface area contributed by atoms with Gasteiger partial charge < -0.3 is 0 Å². The molecule has 0 saturated heterocycles. The Morgan fingerprint density at radius 2 is 2.10 bits per heavy atom. The minimum atomic E-state index is 0.918. The lowest BCUT2D eigenvalue weighted by Gasteiger charge is -2.01. The molecule has 4 rings (SSSR count). The summed E-state index contributed by atoms with van der Waals surface area (Å²) in [5.74, 6) is 0. The number of rotatable bonds is 2. The smallest absolute Gasteiger partial charge is 0.194 e. The van der Waals surface area contributed by atoms with Crippen LogP contribution in [0.2, 0.25) is 0 Å². The van der Waals surface area contributed by atoms with E-state index < -0.39 is 0 Å². The Kier molecular flexibility index (Phi) is 2.61. The molecule has 0 spiro atoms. The Bertz CT molecular complexity index is 918. The molecule has 104 valence electrons. The number of hydrogen-bond donors (Lipinski definition) is 0. The minimum absolute atomic E-state index is 0.918. The fourth-order valence-electron chi connectivity index (χ4n) is 2.28. The number of fused-ring (bicyclic) bond motifs is 1. The van der Waals surface area contributed by atoms with Gasteiger partial charge in [-0.25, -0.2) is 9.67 Å². The summed E-state index contributed by atoms with van der Waals surface area (Å²) in [4.78, 5) is 7.03. The SMILES string of the molecule is Cc1sc2nc(-c3cccc(-n4cnnn4)c3)cn2c1C. The first-order valence-corrected chi connectivity index (χ1v) is 7.33. The zero-order valence-electron chi connectivity index (χ0n) is 11.6. The molecular formula is C14H12N6S. The summed E-state index contributed by atoms with van der Waals surface area (Å²) in [6.07, 6.45) is 3.66. The summed E-state index contributed by atoms with van der Waals surface area (Å²) < 4.78 is 3.77. The molecule has 0 aliphatic rings. The fraction of sp³-hybridized carbons (Fsp3) is 0.143. The average Bonchev–Trinajstić information content (AvgIpc) is 3.20. The van der Waals surface area contributed by atoms with Crippen LogP contribution in [0.1, 0.15) is 10.6 Å². The monoisotopic (exact) mass is 296 g/mol. The maximum atomic E-state index is 4.71. The molecule has 0 unspecified atom stereocenters. The van der Waals surface area contributed by atoms with Crippen LogP contribution < -0.4 is 0 Å². The summed E-state index contributed by atoms with van der Waals surface area (Å²) >= 11 is 1.71. The molecule has 3 heterocycles. The van der Waals surface area contributed by atoms with Gasteiger partial charge >= 0.3 is 0 Å². The van der Waals surface area contributed by atoms with Crippen molar-refractivity contribution in [2.45, 2.75) is 13.8 Å². The minimum Gasteiger partial charge on any atom is -0.294 e. The van der Waals surface area contributed by atoms with Crippen LogP contribution in [0.15, 0.2) is 36.8 Å². The lowest BCUT2D eigenvalue weighted by Crippen LogP contribution is -1.95.